The number of nitrogens with zero attached hydrogens (tertiary/aromatic N) is 2. The van der Waals surface area contributed by atoms with E-state index in [9.17, 15) is 0 Å². The van der Waals surface area contributed by atoms with Crippen molar-refractivity contribution in [2.24, 2.45) is 10.9 Å². The number of guanidine groups is 1. The molecule has 23 heavy (non-hydrogen) atoms. The maximum Gasteiger partial charge on any atom is 0.191 e. The van der Waals surface area contributed by atoms with Crippen molar-refractivity contribution in [1.29, 1.82) is 0 Å². The zero-order valence-electron chi connectivity index (χ0n) is 15.1. The van der Waals surface area contributed by atoms with Crippen LogP contribution in [-0.2, 0) is 9.47 Å². The number of halogens is 1. The SMILES string of the molecule is CCOCCCNC(=NC)NCC1CN(CC(C)C)CCO1.I. The molecule has 1 aliphatic heterocycles. The fraction of sp³-hybridized carbons (Fsp3) is 0.938. The lowest BCUT2D eigenvalue weighted by Crippen LogP contribution is -2.50. The number of hydrogen-bond donors (Lipinski definition) is 2. The average Bonchev–Trinajstić information content (AvgIpc) is 2.50. The number of nitrogens with one attached hydrogen (secondary N) is 2. The number of hydrogen-bond acceptors (Lipinski definition) is 4. The number of rotatable bonds is 9. The second-order valence-electron chi connectivity index (χ2n) is 6.08. The normalized spacial score (nSPS) is 19.5. The van der Waals surface area contributed by atoms with E-state index in [1.165, 1.54) is 0 Å². The Morgan fingerprint density at radius 1 is 1.39 bits per heavy atom. The first kappa shape index (κ1) is 22.9. The Morgan fingerprint density at radius 3 is 2.83 bits per heavy atom. The van der Waals surface area contributed by atoms with Crippen molar-refractivity contribution in [3.63, 3.8) is 0 Å². The fourth-order valence-corrected chi connectivity index (χ4v) is 2.54. The van der Waals surface area contributed by atoms with Gasteiger partial charge in [-0.2, -0.15) is 0 Å². The summed E-state index contributed by atoms with van der Waals surface area (Å²) in [6.07, 6.45) is 1.21. The molecule has 138 valence electrons. The summed E-state index contributed by atoms with van der Waals surface area (Å²) in [6.45, 7) is 13.8. The summed E-state index contributed by atoms with van der Waals surface area (Å²) < 4.78 is 11.2. The highest BCUT2D eigenvalue weighted by Gasteiger charge is 2.20. The standard InChI is InChI=1S/C16H34N4O2.HI/c1-5-21-9-6-7-18-16(17-4)19-11-15-13-20(8-10-22-15)12-14(2)3;/h14-15H,5-13H2,1-4H3,(H2,17,18,19);1H. The molecule has 0 aromatic rings. The van der Waals surface area contributed by atoms with Gasteiger partial charge in [-0.25, -0.2) is 0 Å². The van der Waals surface area contributed by atoms with E-state index in [1.807, 2.05) is 6.92 Å². The van der Waals surface area contributed by atoms with Crippen molar-refractivity contribution in [3.8, 4) is 0 Å². The molecular weight excluding hydrogens is 407 g/mol. The van der Waals surface area contributed by atoms with Crippen LogP contribution in [0.5, 0.6) is 0 Å². The second-order valence-corrected chi connectivity index (χ2v) is 6.08. The third-order valence-electron chi connectivity index (χ3n) is 3.53. The smallest absolute Gasteiger partial charge is 0.191 e. The second kappa shape index (κ2) is 14.2. The largest absolute Gasteiger partial charge is 0.382 e. The minimum atomic E-state index is 0. The summed E-state index contributed by atoms with van der Waals surface area (Å²) in [5.74, 6) is 1.53. The van der Waals surface area contributed by atoms with Gasteiger partial charge in [0, 0.05) is 53.0 Å². The highest BCUT2D eigenvalue weighted by atomic mass is 127. The van der Waals surface area contributed by atoms with Gasteiger partial charge in [0.2, 0.25) is 0 Å². The van der Waals surface area contributed by atoms with Crippen LogP contribution in [0.25, 0.3) is 0 Å². The van der Waals surface area contributed by atoms with Crippen molar-refractivity contribution in [1.82, 2.24) is 15.5 Å². The Labute approximate surface area is 158 Å². The van der Waals surface area contributed by atoms with Crippen molar-refractivity contribution in [2.45, 2.75) is 33.3 Å². The van der Waals surface area contributed by atoms with Gasteiger partial charge in [0.15, 0.2) is 5.96 Å². The predicted molar refractivity (Wildman–Crippen MR) is 107 cm³/mol. The molecule has 0 spiro atoms. The van der Waals surface area contributed by atoms with Gasteiger partial charge in [0.1, 0.15) is 0 Å². The predicted octanol–water partition coefficient (Wildman–Crippen LogP) is 1.55. The molecule has 0 saturated carbocycles. The van der Waals surface area contributed by atoms with E-state index < -0.39 is 0 Å². The molecule has 7 heteroatoms. The van der Waals surface area contributed by atoms with Crippen molar-refractivity contribution in [3.05, 3.63) is 0 Å². The third kappa shape index (κ3) is 11.1. The van der Waals surface area contributed by atoms with Crippen LogP contribution in [-0.4, -0.2) is 76.6 Å². The first-order valence-electron chi connectivity index (χ1n) is 8.51. The Kier molecular flexibility index (Phi) is 14.2. The van der Waals surface area contributed by atoms with Gasteiger partial charge >= 0.3 is 0 Å². The maximum atomic E-state index is 5.84. The van der Waals surface area contributed by atoms with E-state index in [0.717, 1.165) is 64.9 Å². The zero-order valence-corrected chi connectivity index (χ0v) is 17.5. The molecule has 0 aliphatic carbocycles. The highest BCUT2D eigenvalue weighted by Crippen LogP contribution is 2.07. The van der Waals surface area contributed by atoms with Gasteiger partial charge < -0.3 is 20.1 Å². The number of aliphatic imine (C=N–C) groups is 1. The first-order valence-corrected chi connectivity index (χ1v) is 8.51. The molecule has 1 heterocycles. The Balaban J connectivity index is 0.00000484. The Morgan fingerprint density at radius 2 is 2.17 bits per heavy atom. The van der Waals surface area contributed by atoms with Gasteiger partial charge in [-0.3, -0.25) is 9.89 Å². The molecule has 1 rings (SSSR count). The van der Waals surface area contributed by atoms with E-state index in [0.29, 0.717) is 5.92 Å². The van der Waals surface area contributed by atoms with E-state index >= 15 is 0 Å². The van der Waals surface area contributed by atoms with E-state index in [2.05, 4.69) is 34.4 Å². The quantitative estimate of drug-likeness (QED) is 0.246. The Hall–Kier alpha value is -0.120. The summed E-state index contributed by atoms with van der Waals surface area (Å²) >= 11 is 0. The minimum Gasteiger partial charge on any atom is -0.382 e. The number of morpholine rings is 1. The molecule has 1 aliphatic rings. The van der Waals surface area contributed by atoms with Crippen LogP contribution in [0.15, 0.2) is 4.99 Å². The van der Waals surface area contributed by atoms with Gasteiger partial charge in [-0.15, -0.1) is 24.0 Å². The summed E-state index contributed by atoms with van der Waals surface area (Å²) in [5.41, 5.74) is 0. The summed E-state index contributed by atoms with van der Waals surface area (Å²) in [6, 6.07) is 0. The third-order valence-corrected chi connectivity index (χ3v) is 3.53. The monoisotopic (exact) mass is 442 g/mol. The van der Waals surface area contributed by atoms with Crippen LogP contribution >= 0.6 is 24.0 Å². The number of ether oxygens (including phenoxy) is 2. The molecule has 1 atom stereocenters. The first-order chi connectivity index (χ1) is 10.7. The summed E-state index contributed by atoms with van der Waals surface area (Å²) in [4.78, 5) is 6.73. The van der Waals surface area contributed by atoms with Crippen LogP contribution in [0.4, 0.5) is 0 Å². The molecule has 1 unspecified atom stereocenters. The van der Waals surface area contributed by atoms with Crippen molar-refractivity contribution < 1.29 is 9.47 Å². The molecule has 1 saturated heterocycles. The average molecular weight is 442 g/mol. The van der Waals surface area contributed by atoms with Gasteiger partial charge in [0.25, 0.3) is 0 Å². The molecule has 1 fully saturated rings. The van der Waals surface area contributed by atoms with E-state index in [1.54, 1.807) is 7.05 Å². The van der Waals surface area contributed by atoms with Crippen molar-refractivity contribution in [2.75, 3.05) is 59.6 Å². The van der Waals surface area contributed by atoms with Crippen LogP contribution in [0.1, 0.15) is 27.2 Å². The molecule has 2 N–H and O–H groups in total. The summed E-state index contributed by atoms with van der Waals surface area (Å²) in [7, 11) is 1.80. The molecule has 0 bridgehead atoms. The lowest BCUT2D eigenvalue weighted by atomic mass is 10.2. The molecular formula is C16H35IN4O2. The molecule has 0 radical (unpaired) electrons. The van der Waals surface area contributed by atoms with E-state index in [4.69, 9.17) is 9.47 Å². The van der Waals surface area contributed by atoms with Crippen LogP contribution in [0, 0.1) is 5.92 Å². The molecule has 0 aromatic carbocycles. The molecule has 0 aromatic heterocycles. The van der Waals surface area contributed by atoms with Gasteiger partial charge in [-0.1, -0.05) is 13.8 Å². The van der Waals surface area contributed by atoms with Crippen LogP contribution in [0.2, 0.25) is 0 Å². The maximum absolute atomic E-state index is 5.84. The van der Waals surface area contributed by atoms with Crippen LogP contribution in [0.3, 0.4) is 0 Å². The Bertz CT molecular complexity index is 316. The van der Waals surface area contributed by atoms with Crippen molar-refractivity contribution >= 4 is 29.9 Å². The van der Waals surface area contributed by atoms with Crippen LogP contribution < -0.4 is 10.6 Å². The topological polar surface area (TPSA) is 58.1 Å². The van der Waals surface area contributed by atoms with E-state index in [-0.39, 0.29) is 30.1 Å². The minimum absolute atomic E-state index is 0. The zero-order chi connectivity index (χ0) is 16.2. The molecule has 0 amide bonds. The molecule has 6 nitrogen and oxygen atoms in total. The summed E-state index contributed by atoms with van der Waals surface area (Å²) in [5, 5.41) is 6.65. The fourth-order valence-electron chi connectivity index (χ4n) is 2.54. The van der Waals surface area contributed by atoms with Gasteiger partial charge in [0.05, 0.1) is 12.7 Å². The lowest BCUT2D eigenvalue weighted by Gasteiger charge is -2.34. The lowest BCUT2D eigenvalue weighted by molar-refractivity contribution is -0.0284. The van der Waals surface area contributed by atoms with Gasteiger partial charge in [-0.05, 0) is 19.3 Å². The highest BCUT2D eigenvalue weighted by molar-refractivity contribution is 14.0.